The number of carbonyl (C=O) groups is 1. The quantitative estimate of drug-likeness (QED) is 0.634. The van der Waals surface area contributed by atoms with Crippen LogP contribution >= 0.6 is 0 Å². The van der Waals surface area contributed by atoms with E-state index in [4.69, 9.17) is 5.11 Å². The van der Waals surface area contributed by atoms with Crippen LogP contribution in [0.3, 0.4) is 0 Å². The van der Waals surface area contributed by atoms with Gasteiger partial charge in [-0.1, -0.05) is 0 Å². The lowest BCUT2D eigenvalue weighted by Gasteiger charge is -2.30. The molecule has 0 spiro atoms. The van der Waals surface area contributed by atoms with Crippen molar-refractivity contribution in [2.45, 2.75) is 25.4 Å². The molecule has 0 bridgehead atoms. The summed E-state index contributed by atoms with van der Waals surface area (Å²) in [4.78, 5) is 11.3. The molecule has 10 heteroatoms. The van der Waals surface area contributed by atoms with E-state index in [-0.39, 0.29) is 25.0 Å². The number of hydrogen-bond donors (Lipinski definition) is 2. The van der Waals surface area contributed by atoms with Crippen LogP contribution in [-0.4, -0.2) is 63.1 Å². The second kappa shape index (κ2) is 7.25. The van der Waals surface area contributed by atoms with Crippen LogP contribution in [0.2, 0.25) is 0 Å². The Balaban J connectivity index is 2.48. The summed E-state index contributed by atoms with van der Waals surface area (Å²) in [5, 5.41) is 8.88. The SMILES string of the molecule is COC(=O)C1CCN(S(=O)(=O)NCC(O)C(F)F)CC1. The Morgan fingerprint density at radius 3 is 2.45 bits per heavy atom. The van der Waals surface area contributed by atoms with Crippen LogP contribution < -0.4 is 4.72 Å². The van der Waals surface area contributed by atoms with Crippen molar-refractivity contribution < 1.29 is 31.8 Å². The molecular weight excluding hydrogens is 298 g/mol. The van der Waals surface area contributed by atoms with E-state index in [9.17, 15) is 22.0 Å². The molecule has 1 aliphatic heterocycles. The zero-order valence-corrected chi connectivity index (χ0v) is 11.8. The maximum Gasteiger partial charge on any atom is 0.308 e. The van der Waals surface area contributed by atoms with Gasteiger partial charge in [-0.3, -0.25) is 4.79 Å². The third-order valence-electron chi connectivity index (χ3n) is 3.09. The Hall–Kier alpha value is -0.840. The number of aliphatic hydroxyl groups excluding tert-OH is 1. The van der Waals surface area contributed by atoms with E-state index >= 15 is 0 Å². The molecule has 0 aliphatic carbocycles. The number of alkyl halides is 2. The molecular formula is C10H18F2N2O5S. The molecule has 20 heavy (non-hydrogen) atoms. The second-order valence-electron chi connectivity index (χ2n) is 4.45. The number of nitrogens with one attached hydrogen (secondary N) is 1. The number of halogens is 2. The Morgan fingerprint density at radius 2 is 2.00 bits per heavy atom. The van der Waals surface area contributed by atoms with Crippen molar-refractivity contribution >= 4 is 16.2 Å². The lowest BCUT2D eigenvalue weighted by Crippen LogP contribution is -2.48. The van der Waals surface area contributed by atoms with E-state index in [0.717, 1.165) is 4.31 Å². The van der Waals surface area contributed by atoms with Gasteiger partial charge < -0.3 is 9.84 Å². The standard InChI is InChI=1S/C10H18F2N2O5S/c1-19-10(16)7-2-4-14(5-3-7)20(17,18)13-6-8(15)9(11)12/h7-9,13,15H,2-6H2,1H3. The number of ether oxygens (including phenoxy) is 1. The Bertz CT molecular complexity index is 423. The summed E-state index contributed by atoms with van der Waals surface area (Å²) in [5.74, 6) is -0.735. The van der Waals surface area contributed by atoms with Gasteiger partial charge in [-0.2, -0.15) is 17.4 Å². The van der Waals surface area contributed by atoms with Crippen LogP contribution in [0.25, 0.3) is 0 Å². The first-order valence-electron chi connectivity index (χ1n) is 6.06. The van der Waals surface area contributed by atoms with E-state index in [0.29, 0.717) is 12.8 Å². The van der Waals surface area contributed by atoms with Crippen molar-refractivity contribution in [2.24, 2.45) is 5.92 Å². The Labute approximate surface area is 116 Å². The fourth-order valence-corrected chi connectivity index (χ4v) is 3.13. The number of aliphatic hydroxyl groups is 1. The van der Waals surface area contributed by atoms with Gasteiger partial charge in [-0.25, -0.2) is 8.78 Å². The highest BCUT2D eigenvalue weighted by Crippen LogP contribution is 2.20. The minimum atomic E-state index is -3.93. The average Bonchev–Trinajstić information content (AvgIpc) is 2.44. The van der Waals surface area contributed by atoms with Crippen molar-refractivity contribution in [3.8, 4) is 0 Å². The van der Waals surface area contributed by atoms with Gasteiger partial charge in [-0.15, -0.1) is 0 Å². The first-order chi connectivity index (χ1) is 9.27. The largest absolute Gasteiger partial charge is 0.469 e. The van der Waals surface area contributed by atoms with Crippen LogP contribution in [0.1, 0.15) is 12.8 Å². The van der Waals surface area contributed by atoms with E-state index < -0.39 is 29.3 Å². The van der Waals surface area contributed by atoms with Gasteiger partial charge in [0.15, 0.2) is 0 Å². The zero-order valence-electron chi connectivity index (χ0n) is 11.0. The highest BCUT2D eigenvalue weighted by molar-refractivity contribution is 7.87. The molecule has 0 aromatic heterocycles. The maximum atomic E-state index is 12.1. The summed E-state index contributed by atoms with van der Waals surface area (Å²) in [6, 6.07) is 0. The number of nitrogens with zero attached hydrogens (tertiary/aromatic N) is 1. The molecule has 0 radical (unpaired) electrons. The average molecular weight is 316 g/mol. The lowest BCUT2D eigenvalue weighted by atomic mass is 9.99. The first-order valence-corrected chi connectivity index (χ1v) is 7.50. The van der Waals surface area contributed by atoms with E-state index in [2.05, 4.69) is 4.74 Å². The molecule has 0 amide bonds. The third-order valence-corrected chi connectivity index (χ3v) is 4.67. The van der Waals surface area contributed by atoms with Crippen molar-refractivity contribution in [1.29, 1.82) is 0 Å². The molecule has 1 heterocycles. The van der Waals surface area contributed by atoms with Crippen molar-refractivity contribution in [3.05, 3.63) is 0 Å². The molecule has 1 atom stereocenters. The molecule has 0 aromatic carbocycles. The summed E-state index contributed by atoms with van der Waals surface area (Å²) >= 11 is 0. The predicted molar refractivity (Wildman–Crippen MR) is 65.2 cm³/mol. The topological polar surface area (TPSA) is 95.9 Å². The minimum Gasteiger partial charge on any atom is -0.469 e. The Morgan fingerprint density at radius 1 is 1.45 bits per heavy atom. The van der Waals surface area contributed by atoms with Crippen LogP contribution in [-0.2, 0) is 19.7 Å². The number of piperidine rings is 1. The van der Waals surface area contributed by atoms with Gasteiger partial charge in [0, 0.05) is 19.6 Å². The highest BCUT2D eigenvalue weighted by Gasteiger charge is 2.32. The monoisotopic (exact) mass is 316 g/mol. The Kier molecular flexibility index (Phi) is 6.24. The summed E-state index contributed by atoms with van der Waals surface area (Å²) < 4.78 is 55.3. The van der Waals surface area contributed by atoms with Gasteiger partial charge >= 0.3 is 5.97 Å². The first kappa shape index (κ1) is 17.2. The smallest absolute Gasteiger partial charge is 0.308 e. The van der Waals surface area contributed by atoms with Gasteiger partial charge in [0.05, 0.1) is 13.0 Å². The molecule has 2 N–H and O–H groups in total. The molecule has 0 aromatic rings. The fourth-order valence-electron chi connectivity index (χ4n) is 1.87. The summed E-state index contributed by atoms with van der Waals surface area (Å²) in [5.41, 5.74) is 0. The summed E-state index contributed by atoms with van der Waals surface area (Å²) in [6.45, 7) is -0.559. The van der Waals surface area contributed by atoms with Crippen molar-refractivity contribution in [3.63, 3.8) is 0 Å². The van der Waals surface area contributed by atoms with Crippen molar-refractivity contribution in [2.75, 3.05) is 26.7 Å². The van der Waals surface area contributed by atoms with E-state index in [1.807, 2.05) is 4.72 Å². The van der Waals surface area contributed by atoms with E-state index in [1.165, 1.54) is 7.11 Å². The number of methoxy groups -OCH3 is 1. The molecule has 7 nitrogen and oxygen atoms in total. The molecule has 1 fully saturated rings. The van der Waals surface area contributed by atoms with Crippen molar-refractivity contribution in [1.82, 2.24) is 9.03 Å². The summed E-state index contributed by atoms with van der Waals surface area (Å²) in [7, 11) is -2.67. The highest BCUT2D eigenvalue weighted by atomic mass is 32.2. The third kappa shape index (κ3) is 4.62. The maximum absolute atomic E-state index is 12.1. The zero-order chi connectivity index (χ0) is 15.3. The van der Waals surface area contributed by atoms with Crippen LogP contribution in [0, 0.1) is 5.92 Å². The lowest BCUT2D eigenvalue weighted by molar-refractivity contribution is -0.146. The molecule has 1 saturated heterocycles. The molecule has 1 aliphatic rings. The number of hydrogen-bond acceptors (Lipinski definition) is 5. The van der Waals surface area contributed by atoms with Crippen LogP contribution in [0.15, 0.2) is 0 Å². The molecule has 1 unspecified atom stereocenters. The normalized spacial score (nSPS) is 20.1. The molecule has 1 rings (SSSR count). The fraction of sp³-hybridized carbons (Fsp3) is 0.900. The minimum absolute atomic E-state index is 0.0971. The number of esters is 1. The predicted octanol–water partition coefficient (Wildman–Crippen LogP) is -0.668. The molecule has 0 saturated carbocycles. The van der Waals surface area contributed by atoms with Gasteiger partial charge in [0.2, 0.25) is 0 Å². The number of rotatable bonds is 6. The van der Waals surface area contributed by atoms with Crippen LogP contribution in [0.5, 0.6) is 0 Å². The number of carbonyl (C=O) groups excluding carboxylic acids is 1. The summed E-state index contributed by atoms with van der Waals surface area (Å²) in [6.07, 6.45) is -4.43. The second-order valence-corrected chi connectivity index (χ2v) is 6.21. The van der Waals surface area contributed by atoms with Gasteiger partial charge in [0.25, 0.3) is 16.6 Å². The van der Waals surface area contributed by atoms with Crippen LogP contribution in [0.4, 0.5) is 8.78 Å². The molecule has 118 valence electrons. The van der Waals surface area contributed by atoms with E-state index in [1.54, 1.807) is 0 Å². The van der Waals surface area contributed by atoms with Gasteiger partial charge in [0.1, 0.15) is 6.10 Å². The van der Waals surface area contributed by atoms with Gasteiger partial charge in [-0.05, 0) is 12.8 Å².